The fraction of sp³-hybridized carbons (Fsp3) is 0.417. The van der Waals surface area contributed by atoms with Crippen molar-refractivity contribution in [3.8, 4) is 0 Å². The number of thiocarbonyl (C=S) groups is 1. The van der Waals surface area contributed by atoms with E-state index in [0.717, 1.165) is 5.56 Å². The number of benzene rings is 1. The lowest BCUT2D eigenvalue weighted by molar-refractivity contribution is -0.151. The highest BCUT2D eigenvalue weighted by molar-refractivity contribution is 7.80. The molecule has 0 unspecified atom stereocenters. The molecule has 0 saturated heterocycles. The summed E-state index contributed by atoms with van der Waals surface area (Å²) in [4.78, 5) is 0.0965. The molecule has 1 aliphatic rings. The predicted octanol–water partition coefficient (Wildman–Crippen LogP) is 3.14. The molecule has 2 nitrogen and oxygen atoms in total. The predicted molar refractivity (Wildman–Crippen MR) is 68.7 cm³/mol. The van der Waals surface area contributed by atoms with Crippen LogP contribution >= 0.6 is 12.2 Å². The van der Waals surface area contributed by atoms with Crippen molar-refractivity contribution in [2.24, 2.45) is 5.73 Å². The molecule has 0 amide bonds. The van der Waals surface area contributed by atoms with Gasteiger partial charge in [0.2, 0.25) is 0 Å². The first kappa shape index (κ1) is 13.1. The van der Waals surface area contributed by atoms with Crippen LogP contribution in [0, 0.1) is 6.92 Å². The van der Waals surface area contributed by atoms with E-state index in [2.05, 4.69) is 5.32 Å². The Morgan fingerprint density at radius 3 is 2.44 bits per heavy atom. The summed E-state index contributed by atoms with van der Waals surface area (Å²) in [6.07, 6.45) is -4.09. The maximum Gasteiger partial charge on any atom is 0.411 e. The van der Waals surface area contributed by atoms with Crippen LogP contribution in [0.4, 0.5) is 18.9 Å². The first-order chi connectivity index (χ1) is 8.25. The van der Waals surface area contributed by atoms with Crippen molar-refractivity contribution in [1.29, 1.82) is 0 Å². The zero-order valence-electron chi connectivity index (χ0n) is 9.77. The molecule has 98 valence electrons. The normalized spacial score (nSPS) is 17.3. The van der Waals surface area contributed by atoms with Gasteiger partial charge in [-0.2, -0.15) is 13.2 Å². The smallest absolute Gasteiger partial charge is 0.389 e. The fourth-order valence-corrected chi connectivity index (χ4v) is 2.00. The quantitative estimate of drug-likeness (QED) is 0.832. The van der Waals surface area contributed by atoms with Crippen LogP contribution in [-0.4, -0.2) is 16.7 Å². The molecule has 3 N–H and O–H groups in total. The zero-order chi connectivity index (χ0) is 13.6. The number of halogens is 3. The number of rotatable bonds is 3. The van der Waals surface area contributed by atoms with Gasteiger partial charge >= 0.3 is 6.18 Å². The van der Waals surface area contributed by atoms with Gasteiger partial charge in [-0.25, -0.2) is 0 Å². The first-order valence-corrected chi connectivity index (χ1v) is 5.91. The lowest BCUT2D eigenvalue weighted by Crippen LogP contribution is -2.39. The van der Waals surface area contributed by atoms with E-state index in [1.54, 1.807) is 18.2 Å². The van der Waals surface area contributed by atoms with Crippen molar-refractivity contribution in [2.75, 3.05) is 5.32 Å². The minimum Gasteiger partial charge on any atom is -0.389 e. The van der Waals surface area contributed by atoms with Gasteiger partial charge in [-0.3, -0.25) is 0 Å². The minimum absolute atomic E-state index is 0.0845. The number of nitrogens with one attached hydrogen (secondary N) is 1. The Bertz CT molecular complexity index is 493. The second-order valence-corrected chi connectivity index (χ2v) is 5.06. The fourth-order valence-electron chi connectivity index (χ4n) is 1.83. The van der Waals surface area contributed by atoms with Gasteiger partial charge in [-0.15, -0.1) is 0 Å². The average molecular weight is 274 g/mol. The second kappa shape index (κ2) is 4.12. The van der Waals surface area contributed by atoms with Gasteiger partial charge in [0.1, 0.15) is 10.5 Å². The summed E-state index contributed by atoms with van der Waals surface area (Å²) in [6, 6.07) is 5.02. The van der Waals surface area contributed by atoms with Gasteiger partial charge in [0.15, 0.2) is 0 Å². The molecule has 0 aromatic heterocycles. The Morgan fingerprint density at radius 2 is 2.00 bits per heavy atom. The highest BCUT2D eigenvalue weighted by atomic mass is 32.1. The van der Waals surface area contributed by atoms with Crippen molar-refractivity contribution >= 4 is 22.9 Å². The summed E-state index contributed by atoms with van der Waals surface area (Å²) in [5.41, 5.74) is 5.45. The van der Waals surface area contributed by atoms with Gasteiger partial charge in [-0.1, -0.05) is 23.8 Å². The number of hydrogen-bond donors (Lipinski definition) is 2. The largest absolute Gasteiger partial charge is 0.411 e. The van der Waals surface area contributed by atoms with E-state index in [4.69, 9.17) is 18.0 Å². The third-order valence-corrected chi connectivity index (χ3v) is 3.33. The summed E-state index contributed by atoms with van der Waals surface area (Å²) in [7, 11) is 0. The SMILES string of the molecule is Cc1ccc(NC2(C(F)(F)F)CC2)c(C(N)=S)c1. The maximum atomic E-state index is 12.9. The molecule has 1 aliphatic carbocycles. The van der Waals surface area contributed by atoms with Crippen LogP contribution < -0.4 is 11.1 Å². The van der Waals surface area contributed by atoms with E-state index in [-0.39, 0.29) is 17.8 Å². The summed E-state index contributed by atoms with van der Waals surface area (Å²) in [5, 5.41) is 2.55. The standard InChI is InChI=1S/C12H13F3N2S/c1-7-2-3-9(8(6-7)10(16)18)17-11(4-5-11)12(13,14)15/h2-3,6,17H,4-5H2,1H3,(H2,16,18). The van der Waals surface area contributed by atoms with Crippen molar-refractivity contribution in [3.05, 3.63) is 29.3 Å². The second-order valence-electron chi connectivity index (χ2n) is 4.62. The molecule has 2 rings (SSSR count). The van der Waals surface area contributed by atoms with Crippen LogP contribution in [0.2, 0.25) is 0 Å². The number of alkyl halides is 3. The van der Waals surface area contributed by atoms with Gasteiger partial charge in [0.25, 0.3) is 0 Å². The lowest BCUT2D eigenvalue weighted by atomic mass is 10.1. The highest BCUT2D eigenvalue weighted by Gasteiger charge is 2.63. The number of nitrogens with two attached hydrogens (primary N) is 1. The van der Waals surface area contributed by atoms with E-state index < -0.39 is 11.7 Å². The third kappa shape index (κ3) is 2.29. The van der Waals surface area contributed by atoms with Gasteiger partial charge < -0.3 is 11.1 Å². The van der Waals surface area contributed by atoms with Crippen LogP contribution in [0.5, 0.6) is 0 Å². The maximum absolute atomic E-state index is 12.9. The molecule has 1 fully saturated rings. The van der Waals surface area contributed by atoms with E-state index >= 15 is 0 Å². The Labute approximate surface area is 108 Å². The molecule has 0 radical (unpaired) electrons. The van der Waals surface area contributed by atoms with Crippen LogP contribution in [0.1, 0.15) is 24.0 Å². The molecule has 0 aliphatic heterocycles. The van der Waals surface area contributed by atoms with Crippen molar-refractivity contribution in [2.45, 2.75) is 31.5 Å². The van der Waals surface area contributed by atoms with Crippen LogP contribution in [0.25, 0.3) is 0 Å². The van der Waals surface area contributed by atoms with Crippen molar-refractivity contribution in [1.82, 2.24) is 0 Å². The Morgan fingerprint density at radius 1 is 1.39 bits per heavy atom. The molecule has 0 spiro atoms. The number of anilines is 1. The molecule has 0 bridgehead atoms. The van der Waals surface area contributed by atoms with Gasteiger partial charge in [-0.05, 0) is 31.9 Å². The monoisotopic (exact) mass is 274 g/mol. The van der Waals surface area contributed by atoms with Crippen LogP contribution in [0.3, 0.4) is 0 Å². The Balaban J connectivity index is 2.33. The molecule has 1 aromatic carbocycles. The van der Waals surface area contributed by atoms with Crippen molar-refractivity contribution < 1.29 is 13.2 Å². The van der Waals surface area contributed by atoms with E-state index in [1.165, 1.54) is 0 Å². The molecule has 1 aromatic rings. The molecule has 1 saturated carbocycles. The lowest BCUT2D eigenvalue weighted by Gasteiger charge is -2.23. The Kier molecular flexibility index (Phi) is 3.01. The van der Waals surface area contributed by atoms with E-state index in [1.807, 2.05) is 6.92 Å². The molecule has 0 heterocycles. The van der Waals surface area contributed by atoms with Gasteiger partial charge in [0, 0.05) is 11.3 Å². The minimum atomic E-state index is -4.26. The molecular weight excluding hydrogens is 261 g/mol. The third-order valence-electron chi connectivity index (χ3n) is 3.11. The average Bonchev–Trinajstić information content (AvgIpc) is 3.00. The van der Waals surface area contributed by atoms with Gasteiger partial charge in [0.05, 0.1) is 0 Å². The van der Waals surface area contributed by atoms with E-state index in [0.29, 0.717) is 11.3 Å². The highest BCUT2D eigenvalue weighted by Crippen LogP contribution is 2.51. The topological polar surface area (TPSA) is 38.0 Å². The zero-order valence-corrected chi connectivity index (χ0v) is 10.6. The molecule has 6 heteroatoms. The number of aryl methyl sites for hydroxylation is 1. The number of hydrogen-bond acceptors (Lipinski definition) is 2. The van der Waals surface area contributed by atoms with Crippen LogP contribution in [-0.2, 0) is 0 Å². The summed E-state index contributed by atoms with van der Waals surface area (Å²) in [5.74, 6) is 0. The summed E-state index contributed by atoms with van der Waals surface area (Å²) < 4.78 is 38.6. The Hall–Kier alpha value is -1.30. The molecule has 0 atom stereocenters. The van der Waals surface area contributed by atoms with Crippen molar-refractivity contribution in [3.63, 3.8) is 0 Å². The summed E-state index contributed by atoms with van der Waals surface area (Å²) in [6.45, 7) is 1.84. The summed E-state index contributed by atoms with van der Waals surface area (Å²) >= 11 is 4.87. The van der Waals surface area contributed by atoms with E-state index in [9.17, 15) is 13.2 Å². The van der Waals surface area contributed by atoms with Crippen LogP contribution in [0.15, 0.2) is 18.2 Å². The molecular formula is C12H13F3N2S. The first-order valence-electron chi connectivity index (χ1n) is 5.50. The molecule has 18 heavy (non-hydrogen) atoms.